The summed E-state index contributed by atoms with van der Waals surface area (Å²) in [7, 11) is 0. The molecule has 2 aliphatic rings. The van der Waals surface area contributed by atoms with Crippen LogP contribution < -0.4 is 5.43 Å². The van der Waals surface area contributed by atoms with Crippen LogP contribution in [0.25, 0.3) is 0 Å². The minimum Gasteiger partial charge on any atom is -0.395 e. The SMILES string of the molecule is CC1(CO)C=CC(C)(N2CCC(=O)N2)C=C1. The van der Waals surface area contributed by atoms with E-state index in [1.54, 1.807) is 0 Å². The van der Waals surface area contributed by atoms with E-state index in [0.717, 1.165) is 6.54 Å². The number of aliphatic hydroxyl groups excluding tert-OH is 1. The average Bonchev–Trinajstić information content (AvgIpc) is 2.71. The molecule has 0 aromatic carbocycles. The Morgan fingerprint density at radius 2 is 2.00 bits per heavy atom. The van der Waals surface area contributed by atoms with E-state index in [0.29, 0.717) is 6.42 Å². The highest BCUT2D eigenvalue weighted by Gasteiger charge is 2.35. The predicted octanol–water partition coefficient (Wildman–Crippen LogP) is 0.607. The van der Waals surface area contributed by atoms with Crippen molar-refractivity contribution in [1.82, 2.24) is 10.4 Å². The Bertz CT molecular complexity index is 346. The maximum absolute atomic E-state index is 11.2. The third kappa shape index (κ3) is 1.90. The van der Waals surface area contributed by atoms with Crippen LogP contribution in [0.1, 0.15) is 20.3 Å². The molecule has 0 spiro atoms. The van der Waals surface area contributed by atoms with Gasteiger partial charge in [0.05, 0.1) is 12.1 Å². The Morgan fingerprint density at radius 3 is 2.44 bits per heavy atom. The zero-order chi connectivity index (χ0) is 11.8. The maximum Gasteiger partial charge on any atom is 0.235 e. The van der Waals surface area contributed by atoms with Crippen molar-refractivity contribution in [3.63, 3.8) is 0 Å². The van der Waals surface area contributed by atoms with Crippen molar-refractivity contribution in [3.05, 3.63) is 24.3 Å². The van der Waals surface area contributed by atoms with Gasteiger partial charge in [0.25, 0.3) is 0 Å². The minimum atomic E-state index is -0.277. The highest BCUT2D eigenvalue weighted by molar-refractivity contribution is 5.77. The highest BCUT2D eigenvalue weighted by atomic mass is 16.3. The second-order valence-corrected chi connectivity index (χ2v) is 4.99. The average molecular weight is 222 g/mol. The maximum atomic E-state index is 11.2. The third-order valence-electron chi connectivity index (χ3n) is 3.35. The van der Waals surface area contributed by atoms with Crippen molar-refractivity contribution in [2.45, 2.75) is 25.8 Å². The number of carbonyl (C=O) groups is 1. The molecule has 1 aliphatic heterocycles. The topological polar surface area (TPSA) is 52.6 Å². The number of hydrogen-bond acceptors (Lipinski definition) is 3. The van der Waals surface area contributed by atoms with Gasteiger partial charge in [0.15, 0.2) is 0 Å². The standard InChI is InChI=1S/C12H18N2O2/c1-11(9-15)4-6-12(2,7-5-11)14-8-3-10(16)13-14/h4-7,15H,3,8-9H2,1-2H3,(H,13,16). The van der Waals surface area contributed by atoms with Crippen molar-refractivity contribution in [1.29, 1.82) is 0 Å². The number of carbonyl (C=O) groups excluding carboxylic acids is 1. The van der Waals surface area contributed by atoms with Crippen molar-refractivity contribution in [2.24, 2.45) is 5.41 Å². The van der Waals surface area contributed by atoms with Gasteiger partial charge in [-0.2, -0.15) is 0 Å². The van der Waals surface area contributed by atoms with E-state index in [9.17, 15) is 9.90 Å². The van der Waals surface area contributed by atoms with Gasteiger partial charge in [-0.3, -0.25) is 10.2 Å². The number of hydrogen-bond donors (Lipinski definition) is 2. The van der Waals surface area contributed by atoms with Crippen LogP contribution in [0.15, 0.2) is 24.3 Å². The Morgan fingerprint density at radius 1 is 1.38 bits per heavy atom. The summed E-state index contributed by atoms with van der Waals surface area (Å²) < 4.78 is 0. The molecule has 88 valence electrons. The van der Waals surface area contributed by atoms with E-state index >= 15 is 0 Å². The Balaban J connectivity index is 2.15. The Hall–Kier alpha value is -1.13. The van der Waals surface area contributed by atoms with Crippen LogP contribution in [0.2, 0.25) is 0 Å². The number of rotatable bonds is 2. The lowest BCUT2D eigenvalue weighted by Crippen LogP contribution is -2.49. The lowest BCUT2D eigenvalue weighted by molar-refractivity contribution is -0.121. The second kappa shape index (κ2) is 3.71. The van der Waals surface area contributed by atoms with E-state index in [2.05, 4.69) is 5.43 Å². The molecule has 2 N–H and O–H groups in total. The second-order valence-electron chi connectivity index (χ2n) is 4.99. The molecular weight excluding hydrogens is 204 g/mol. The van der Waals surface area contributed by atoms with Gasteiger partial charge in [0.2, 0.25) is 5.91 Å². The van der Waals surface area contributed by atoms with E-state index in [1.807, 2.05) is 43.2 Å². The van der Waals surface area contributed by atoms with Crippen LogP contribution in [0.5, 0.6) is 0 Å². The number of hydrazine groups is 1. The molecule has 0 bridgehead atoms. The van der Waals surface area contributed by atoms with Crippen LogP contribution >= 0.6 is 0 Å². The molecule has 16 heavy (non-hydrogen) atoms. The summed E-state index contributed by atoms with van der Waals surface area (Å²) in [6, 6.07) is 0. The van der Waals surface area contributed by atoms with E-state index in [-0.39, 0.29) is 23.5 Å². The molecule has 1 aliphatic carbocycles. The lowest BCUT2D eigenvalue weighted by Gasteiger charge is -2.37. The number of aliphatic hydroxyl groups is 1. The van der Waals surface area contributed by atoms with Crippen LogP contribution in [0, 0.1) is 5.41 Å². The smallest absolute Gasteiger partial charge is 0.235 e. The minimum absolute atomic E-state index is 0.0681. The summed E-state index contributed by atoms with van der Waals surface area (Å²) in [5, 5.41) is 11.2. The quantitative estimate of drug-likeness (QED) is 0.673. The molecule has 0 unspecified atom stereocenters. The van der Waals surface area contributed by atoms with Gasteiger partial charge in [-0.15, -0.1) is 0 Å². The summed E-state index contributed by atoms with van der Waals surface area (Å²) in [5.41, 5.74) is 2.29. The summed E-state index contributed by atoms with van der Waals surface area (Å²) in [4.78, 5) is 11.2. The lowest BCUT2D eigenvalue weighted by atomic mass is 9.81. The van der Waals surface area contributed by atoms with Crippen molar-refractivity contribution in [2.75, 3.05) is 13.2 Å². The van der Waals surface area contributed by atoms with Crippen LogP contribution in [0.3, 0.4) is 0 Å². The predicted molar refractivity (Wildman–Crippen MR) is 61.3 cm³/mol. The summed E-state index contributed by atoms with van der Waals surface area (Å²) in [6.45, 7) is 4.84. The van der Waals surface area contributed by atoms with Gasteiger partial charge >= 0.3 is 0 Å². The van der Waals surface area contributed by atoms with E-state index in [4.69, 9.17) is 0 Å². The first-order valence-corrected chi connectivity index (χ1v) is 5.56. The molecule has 1 amide bonds. The first-order chi connectivity index (χ1) is 7.47. The normalized spacial score (nSPS) is 39.1. The van der Waals surface area contributed by atoms with Gasteiger partial charge in [-0.1, -0.05) is 31.2 Å². The zero-order valence-electron chi connectivity index (χ0n) is 9.73. The molecule has 0 atom stereocenters. The fourth-order valence-electron chi connectivity index (χ4n) is 1.95. The fourth-order valence-corrected chi connectivity index (χ4v) is 1.95. The molecule has 1 fully saturated rings. The Labute approximate surface area is 95.6 Å². The molecule has 0 radical (unpaired) electrons. The largest absolute Gasteiger partial charge is 0.395 e. The van der Waals surface area contributed by atoms with Crippen molar-refractivity contribution >= 4 is 5.91 Å². The van der Waals surface area contributed by atoms with Gasteiger partial charge < -0.3 is 5.11 Å². The molecule has 4 nitrogen and oxygen atoms in total. The highest BCUT2D eigenvalue weighted by Crippen LogP contribution is 2.31. The van der Waals surface area contributed by atoms with Crippen LogP contribution in [-0.4, -0.2) is 34.7 Å². The molecule has 0 aromatic heterocycles. The van der Waals surface area contributed by atoms with Crippen LogP contribution in [-0.2, 0) is 4.79 Å². The van der Waals surface area contributed by atoms with Crippen molar-refractivity contribution in [3.8, 4) is 0 Å². The molecule has 0 saturated carbocycles. The third-order valence-corrected chi connectivity index (χ3v) is 3.35. The number of amides is 1. The first kappa shape index (κ1) is 11.4. The van der Waals surface area contributed by atoms with E-state index < -0.39 is 0 Å². The number of nitrogens with zero attached hydrogens (tertiary/aromatic N) is 1. The monoisotopic (exact) mass is 222 g/mol. The molecule has 1 heterocycles. The first-order valence-electron chi connectivity index (χ1n) is 5.56. The van der Waals surface area contributed by atoms with E-state index in [1.165, 1.54) is 0 Å². The summed E-state index contributed by atoms with van der Waals surface area (Å²) in [6.07, 6.45) is 8.62. The molecule has 1 saturated heterocycles. The molecular formula is C12H18N2O2. The fraction of sp³-hybridized carbons (Fsp3) is 0.583. The van der Waals surface area contributed by atoms with Gasteiger partial charge in [0.1, 0.15) is 0 Å². The molecule has 0 aromatic rings. The van der Waals surface area contributed by atoms with Crippen LogP contribution in [0.4, 0.5) is 0 Å². The molecule has 4 heteroatoms. The van der Waals surface area contributed by atoms with Gasteiger partial charge in [-0.25, -0.2) is 5.01 Å². The molecule has 2 rings (SSSR count). The zero-order valence-corrected chi connectivity index (χ0v) is 9.73. The summed E-state index contributed by atoms with van der Waals surface area (Å²) in [5.74, 6) is 0.0681. The van der Waals surface area contributed by atoms with Crippen molar-refractivity contribution < 1.29 is 9.90 Å². The number of nitrogens with one attached hydrogen (secondary N) is 1. The van der Waals surface area contributed by atoms with Gasteiger partial charge in [-0.05, 0) is 6.92 Å². The Kier molecular flexibility index (Phi) is 2.64. The van der Waals surface area contributed by atoms with Gasteiger partial charge in [0, 0.05) is 18.4 Å². The summed E-state index contributed by atoms with van der Waals surface area (Å²) >= 11 is 0.